The van der Waals surface area contributed by atoms with Gasteiger partial charge in [-0.3, -0.25) is 0 Å². The van der Waals surface area contributed by atoms with Crippen LogP contribution in [0.4, 0.5) is 0 Å². The van der Waals surface area contributed by atoms with Crippen LogP contribution < -0.4 is 0 Å². The topological polar surface area (TPSA) is 154 Å². The third kappa shape index (κ3) is 7.89. The molecule has 56 heavy (non-hydrogen) atoms. The summed E-state index contributed by atoms with van der Waals surface area (Å²) in [5.41, 5.74) is 5.15. The maximum atomic E-state index is 13.2. The first-order valence-electron chi connectivity index (χ1n) is 17.7. The first-order chi connectivity index (χ1) is 26.4. The monoisotopic (exact) mass is 792 g/mol. The first-order valence-corrected chi connectivity index (χ1v) is 18.4. The molecule has 0 amide bonds. The molecule has 0 radical (unpaired) electrons. The van der Waals surface area contributed by atoms with Gasteiger partial charge in [0, 0.05) is 21.2 Å². The molecule has 0 unspecified atom stereocenters. The van der Waals surface area contributed by atoms with E-state index >= 15 is 0 Å². The van der Waals surface area contributed by atoms with E-state index in [1.54, 1.807) is 60.7 Å². The van der Waals surface area contributed by atoms with Crippen molar-refractivity contribution in [1.29, 1.82) is 0 Å². The summed E-state index contributed by atoms with van der Waals surface area (Å²) in [5, 5.41) is 41.7. The largest absolute Gasteiger partial charge is 0.505 e. The summed E-state index contributed by atoms with van der Waals surface area (Å²) in [7, 11) is 0. The van der Waals surface area contributed by atoms with Gasteiger partial charge in [0.1, 0.15) is 58.2 Å². The zero-order chi connectivity index (χ0) is 40.1. The number of phenolic OH excluding ortho intramolecular Hbond substituents is 2. The predicted octanol–water partition coefficient (Wildman–Crippen LogP) is 9.18. The van der Waals surface area contributed by atoms with Crippen LogP contribution in [-0.4, -0.2) is 52.1 Å². The molecule has 14 heteroatoms. The maximum absolute atomic E-state index is 13.2. The number of carbonyl (C=O) groups is 2. The lowest BCUT2D eigenvalue weighted by Crippen LogP contribution is -2.14. The molecular formula is C42H38Cl2N6O6. The fraction of sp³-hybridized carbons (Fsp3) is 0.238. The lowest BCUT2D eigenvalue weighted by molar-refractivity contribution is 0.0456. The third-order valence-electron chi connectivity index (χ3n) is 9.26. The molecule has 5 aromatic carbocycles. The number of phenols is 2. The Morgan fingerprint density at radius 1 is 0.554 bits per heavy atom. The molecular weight excluding hydrogens is 755 g/mol. The van der Waals surface area contributed by atoms with Crippen LogP contribution in [0.5, 0.6) is 11.5 Å². The van der Waals surface area contributed by atoms with Crippen molar-refractivity contribution < 1.29 is 29.3 Å². The molecule has 12 nitrogen and oxygen atoms in total. The lowest BCUT2D eigenvalue weighted by atomic mass is 9.85. The Bertz CT molecular complexity index is 2470. The van der Waals surface area contributed by atoms with Crippen molar-refractivity contribution in [1.82, 2.24) is 30.0 Å². The van der Waals surface area contributed by atoms with Gasteiger partial charge in [-0.2, -0.15) is 0 Å². The second-order valence-corrected chi connectivity index (χ2v) is 16.4. The van der Waals surface area contributed by atoms with E-state index in [-0.39, 0.29) is 46.7 Å². The molecule has 0 fully saturated rings. The van der Waals surface area contributed by atoms with E-state index in [0.29, 0.717) is 54.6 Å². The number of rotatable bonds is 8. The number of fused-ring (bicyclic) bond motifs is 2. The van der Waals surface area contributed by atoms with Gasteiger partial charge in [0.25, 0.3) is 0 Å². The molecule has 2 aromatic heterocycles. The van der Waals surface area contributed by atoms with Crippen molar-refractivity contribution in [3.05, 3.63) is 128 Å². The van der Waals surface area contributed by atoms with E-state index in [4.69, 9.17) is 32.7 Å². The van der Waals surface area contributed by atoms with Crippen LogP contribution >= 0.6 is 23.2 Å². The zero-order valence-electron chi connectivity index (χ0n) is 31.5. The van der Waals surface area contributed by atoms with E-state index in [9.17, 15) is 19.8 Å². The molecule has 0 atom stereocenters. The summed E-state index contributed by atoms with van der Waals surface area (Å²) in [4.78, 5) is 29.0. The quantitative estimate of drug-likeness (QED) is 0.142. The maximum Gasteiger partial charge on any atom is 0.338 e. The van der Waals surface area contributed by atoms with Crippen LogP contribution in [0.3, 0.4) is 0 Å². The Hall–Kier alpha value is -5.98. The molecule has 2 heterocycles. The van der Waals surface area contributed by atoms with Gasteiger partial charge in [-0.05, 0) is 107 Å². The second kappa shape index (κ2) is 14.6. The van der Waals surface area contributed by atoms with Gasteiger partial charge in [0.2, 0.25) is 0 Å². The summed E-state index contributed by atoms with van der Waals surface area (Å²) in [6.07, 6.45) is 0. The smallest absolute Gasteiger partial charge is 0.338 e. The van der Waals surface area contributed by atoms with Crippen molar-refractivity contribution >= 4 is 57.2 Å². The van der Waals surface area contributed by atoms with Gasteiger partial charge < -0.3 is 19.7 Å². The fourth-order valence-electron chi connectivity index (χ4n) is 5.93. The highest BCUT2D eigenvalue weighted by molar-refractivity contribution is 6.31. The first kappa shape index (κ1) is 38.3. The molecule has 7 rings (SSSR count). The van der Waals surface area contributed by atoms with Crippen molar-refractivity contribution in [3.8, 4) is 22.9 Å². The Morgan fingerprint density at radius 3 is 1.27 bits per heavy atom. The number of halogens is 2. The van der Waals surface area contributed by atoms with Gasteiger partial charge in [-0.25, -0.2) is 9.59 Å². The van der Waals surface area contributed by atoms with Crippen molar-refractivity contribution in [2.75, 3.05) is 0 Å². The summed E-state index contributed by atoms with van der Waals surface area (Å²) in [5.74, 6) is -1.60. The van der Waals surface area contributed by atoms with Crippen LogP contribution in [-0.2, 0) is 33.5 Å². The SMILES string of the molecule is CC(C)(C)c1cc(COC(=O)c2ccc(C(=O)OCc3cc(C(C)(C)C)cc(-n4nc5ccc(Cl)cc5n4)c3O)cc2)c(O)c(-n2nc3ccc(Cl)cc3n2)c1. The highest BCUT2D eigenvalue weighted by atomic mass is 35.5. The van der Waals surface area contributed by atoms with Gasteiger partial charge in [-0.1, -0.05) is 64.7 Å². The average molecular weight is 794 g/mol. The number of hydrogen-bond donors (Lipinski definition) is 2. The van der Waals surface area contributed by atoms with Crippen molar-refractivity contribution in [3.63, 3.8) is 0 Å². The van der Waals surface area contributed by atoms with E-state index in [1.165, 1.54) is 33.9 Å². The number of aromatic nitrogens is 6. The van der Waals surface area contributed by atoms with Crippen molar-refractivity contribution in [2.24, 2.45) is 0 Å². The van der Waals surface area contributed by atoms with E-state index in [2.05, 4.69) is 20.4 Å². The molecule has 286 valence electrons. The highest BCUT2D eigenvalue weighted by Gasteiger charge is 2.24. The normalized spacial score (nSPS) is 12.0. The molecule has 0 saturated carbocycles. The minimum Gasteiger partial charge on any atom is -0.505 e. The Labute approximate surface area is 332 Å². The Balaban J connectivity index is 1.06. The minimum atomic E-state index is -0.664. The van der Waals surface area contributed by atoms with Crippen molar-refractivity contribution in [2.45, 2.75) is 65.6 Å². The summed E-state index contributed by atoms with van der Waals surface area (Å²) >= 11 is 12.3. The predicted molar refractivity (Wildman–Crippen MR) is 213 cm³/mol. The number of aromatic hydroxyl groups is 2. The molecule has 0 spiro atoms. The van der Waals surface area contributed by atoms with Gasteiger partial charge in [0.15, 0.2) is 0 Å². The van der Waals surface area contributed by atoms with Crippen LogP contribution in [0.2, 0.25) is 10.0 Å². The average Bonchev–Trinajstić information content (AvgIpc) is 3.76. The van der Waals surface area contributed by atoms with Crippen LogP contribution in [0.1, 0.15) is 84.5 Å². The number of hydrogen-bond acceptors (Lipinski definition) is 10. The molecule has 0 aliphatic rings. The van der Waals surface area contributed by atoms with Crippen LogP contribution in [0.25, 0.3) is 33.4 Å². The standard InChI is InChI=1S/C42H38Cl2N6O6/c1-41(2,3)27-15-25(37(51)35(17-27)49-45-31-13-11-29(43)19-33(31)47-49)21-55-39(53)23-7-9-24(10-8-23)40(54)56-22-26-16-28(42(4,5)6)18-36(38(26)52)50-46-32-14-12-30(44)20-34(32)48-50/h7-20,51-52H,21-22H2,1-6H3. The summed E-state index contributed by atoms with van der Waals surface area (Å²) in [6, 6.07) is 23.3. The highest BCUT2D eigenvalue weighted by Crippen LogP contribution is 2.36. The molecule has 0 bridgehead atoms. The Morgan fingerprint density at radius 2 is 0.911 bits per heavy atom. The second-order valence-electron chi connectivity index (χ2n) is 15.5. The number of ether oxygens (including phenoxy) is 2. The third-order valence-corrected chi connectivity index (χ3v) is 9.73. The van der Waals surface area contributed by atoms with Gasteiger partial charge in [-0.15, -0.1) is 30.0 Å². The lowest BCUT2D eigenvalue weighted by Gasteiger charge is -2.22. The number of carbonyl (C=O) groups excluding carboxylic acids is 2. The molecule has 0 saturated heterocycles. The molecule has 0 aliphatic heterocycles. The Kier molecular flexibility index (Phi) is 9.98. The van der Waals surface area contributed by atoms with Gasteiger partial charge in [0.05, 0.1) is 11.1 Å². The number of esters is 2. The summed E-state index contributed by atoms with van der Waals surface area (Å²) < 4.78 is 11.3. The number of nitrogens with zero attached hydrogens (tertiary/aromatic N) is 6. The van der Waals surface area contributed by atoms with E-state index in [0.717, 1.165) is 11.1 Å². The number of benzene rings is 5. The molecule has 0 aliphatic carbocycles. The summed E-state index contributed by atoms with van der Waals surface area (Å²) in [6.45, 7) is 11.7. The van der Waals surface area contributed by atoms with Crippen LogP contribution in [0, 0.1) is 0 Å². The van der Waals surface area contributed by atoms with E-state index < -0.39 is 11.9 Å². The minimum absolute atomic E-state index is 0.138. The van der Waals surface area contributed by atoms with Gasteiger partial charge >= 0.3 is 11.9 Å². The fourth-order valence-corrected chi connectivity index (χ4v) is 6.27. The van der Waals surface area contributed by atoms with E-state index in [1.807, 2.05) is 41.5 Å². The van der Waals surface area contributed by atoms with Crippen LogP contribution in [0.15, 0.2) is 84.9 Å². The molecule has 7 aromatic rings. The zero-order valence-corrected chi connectivity index (χ0v) is 33.0. The molecule has 2 N–H and O–H groups in total.